The van der Waals surface area contributed by atoms with Gasteiger partial charge in [-0.1, -0.05) is 49.2 Å². The van der Waals surface area contributed by atoms with Crippen molar-refractivity contribution in [3.8, 4) is 0 Å². The molecule has 2 atom stereocenters. The Hall–Kier alpha value is -3.16. The van der Waals surface area contributed by atoms with E-state index >= 15 is 0 Å². The average molecular weight is 571 g/mol. The molecule has 2 aromatic carbocycles. The van der Waals surface area contributed by atoms with Crippen LogP contribution in [-0.2, 0) is 4.79 Å². The monoisotopic (exact) mass is 570 g/mol. The Kier molecular flexibility index (Phi) is 8.45. The number of rotatable bonds is 8. The summed E-state index contributed by atoms with van der Waals surface area (Å²) < 4.78 is 0. The van der Waals surface area contributed by atoms with Crippen LogP contribution in [0.5, 0.6) is 0 Å². The van der Waals surface area contributed by atoms with Crippen molar-refractivity contribution in [3.05, 3.63) is 87.1 Å². The Balaban J connectivity index is 1.10. The van der Waals surface area contributed by atoms with Crippen LogP contribution in [0.25, 0.3) is 0 Å². The van der Waals surface area contributed by atoms with Gasteiger partial charge in [0.1, 0.15) is 0 Å². The lowest BCUT2D eigenvalue weighted by atomic mass is 9.80. The van der Waals surface area contributed by atoms with Gasteiger partial charge in [0.2, 0.25) is 5.91 Å². The molecule has 7 heteroatoms. The van der Waals surface area contributed by atoms with Crippen LogP contribution in [-0.4, -0.2) is 66.9 Å². The molecule has 6 nitrogen and oxygen atoms in total. The van der Waals surface area contributed by atoms with Gasteiger partial charge in [-0.05, 0) is 79.9 Å². The molecule has 3 aromatic rings. The van der Waals surface area contributed by atoms with E-state index in [-0.39, 0.29) is 23.9 Å². The maximum atomic E-state index is 14.0. The highest BCUT2D eigenvalue weighted by atomic mass is 32.1. The van der Waals surface area contributed by atoms with Crippen molar-refractivity contribution in [2.24, 2.45) is 0 Å². The molecule has 3 heterocycles. The van der Waals surface area contributed by atoms with E-state index in [1.807, 2.05) is 30.3 Å². The third-order valence-electron chi connectivity index (χ3n) is 9.24. The van der Waals surface area contributed by atoms with E-state index in [0.29, 0.717) is 12.1 Å². The van der Waals surface area contributed by atoms with Crippen LogP contribution in [0, 0.1) is 13.8 Å². The zero-order valence-electron chi connectivity index (χ0n) is 24.4. The Labute approximate surface area is 248 Å². The van der Waals surface area contributed by atoms with Crippen LogP contribution in [0.4, 0.5) is 5.69 Å². The first-order valence-corrected chi connectivity index (χ1v) is 16.2. The van der Waals surface area contributed by atoms with E-state index < -0.39 is 5.92 Å². The molecule has 216 valence electrons. The second-order valence-electron chi connectivity index (χ2n) is 11.9. The Morgan fingerprint density at radius 1 is 0.976 bits per heavy atom. The predicted octanol–water partition coefficient (Wildman–Crippen LogP) is 5.92. The number of carbonyl (C=O) groups is 2. The fourth-order valence-corrected chi connectivity index (χ4v) is 7.94. The number of piperazine rings is 1. The zero-order chi connectivity index (χ0) is 28.3. The highest BCUT2D eigenvalue weighted by Gasteiger charge is 2.47. The van der Waals surface area contributed by atoms with E-state index in [1.165, 1.54) is 16.8 Å². The normalized spacial score (nSPS) is 21.8. The molecule has 6 rings (SSSR count). The van der Waals surface area contributed by atoms with Gasteiger partial charge < -0.3 is 15.1 Å². The molecule has 0 unspecified atom stereocenters. The zero-order valence-corrected chi connectivity index (χ0v) is 25.2. The summed E-state index contributed by atoms with van der Waals surface area (Å²) in [6.07, 6.45) is 5.23. The lowest BCUT2D eigenvalue weighted by Crippen LogP contribution is -2.51. The lowest BCUT2D eigenvalue weighted by molar-refractivity contribution is -0.124. The predicted molar refractivity (Wildman–Crippen MR) is 167 cm³/mol. The number of anilines is 1. The maximum absolute atomic E-state index is 14.0. The molecule has 0 bridgehead atoms. The number of nitrogens with one attached hydrogen (secondary N) is 1. The van der Waals surface area contributed by atoms with E-state index in [9.17, 15) is 9.59 Å². The number of carbonyl (C=O) groups excluding carboxylic acids is 2. The van der Waals surface area contributed by atoms with Gasteiger partial charge in [0.05, 0.1) is 12.0 Å². The van der Waals surface area contributed by atoms with Crippen molar-refractivity contribution in [2.75, 3.05) is 44.2 Å². The minimum Gasteiger partial charge on any atom is -0.369 e. The highest BCUT2D eigenvalue weighted by molar-refractivity contribution is 7.10. The number of amides is 2. The van der Waals surface area contributed by atoms with Crippen LogP contribution in [0.1, 0.15) is 76.0 Å². The Morgan fingerprint density at radius 3 is 2.51 bits per heavy atom. The van der Waals surface area contributed by atoms with Crippen molar-refractivity contribution in [1.82, 2.24) is 15.1 Å². The summed E-state index contributed by atoms with van der Waals surface area (Å²) in [5, 5.41) is 5.35. The number of hydrogen-bond donors (Lipinski definition) is 1. The average Bonchev–Trinajstić information content (AvgIpc) is 3.72. The molecule has 1 aromatic heterocycles. The van der Waals surface area contributed by atoms with Gasteiger partial charge >= 0.3 is 0 Å². The molecule has 41 heavy (non-hydrogen) atoms. The summed E-state index contributed by atoms with van der Waals surface area (Å²) in [5.41, 5.74) is 5.56. The number of nitrogens with zero attached hydrogens (tertiary/aromatic N) is 3. The largest absolute Gasteiger partial charge is 0.369 e. The summed E-state index contributed by atoms with van der Waals surface area (Å²) in [4.78, 5) is 36.0. The van der Waals surface area contributed by atoms with Gasteiger partial charge in [-0.2, -0.15) is 0 Å². The molecule has 2 aliphatic heterocycles. The number of thiophene rings is 1. The van der Waals surface area contributed by atoms with Crippen molar-refractivity contribution in [3.63, 3.8) is 0 Å². The quantitative estimate of drug-likeness (QED) is 0.342. The Bertz CT molecular complexity index is 1360. The second kappa shape index (κ2) is 12.4. The first kappa shape index (κ1) is 28.0. The molecule has 1 saturated carbocycles. The van der Waals surface area contributed by atoms with Crippen molar-refractivity contribution >= 4 is 28.8 Å². The number of benzene rings is 2. The summed E-state index contributed by atoms with van der Waals surface area (Å²) in [7, 11) is 0. The van der Waals surface area contributed by atoms with Crippen molar-refractivity contribution in [1.29, 1.82) is 0 Å². The fourth-order valence-electron chi connectivity index (χ4n) is 7.08. The van der Waals surface area contributed by atoms with Crippen molar-refractivity contribution in [2.45, 2.75) is 64.0 Å². The highest BCUT2D eigenvalue weighted by Crippen LogP contribution is 2.47. The van der Waals surface area contributed by atoms with Crippen molar-refractivity contribution < 1.29 is 9.59 Å². The molecule has 2 fully saturated rings. The van der Waals surface area contributed by atoms with Crippen LogP contribution in [0.2, 0.25) is 0 Å². The van der Waals surface area contributed by atoms with Gasteiger partial charge in [0.25, 0.3) is 5.91 Å². The third-order valence-corrected chi connectivity index (χ3v) is 10.2. The van der Waals surface area contributed by atoms with Gasteiger partial charge in [0, 0.05) is 54.9 Å². The van der Waals surface area contributed by atoms with Gasteiger partial charge in [-0.25, -0.2) is 0 Å². The number of fused-ring (bicyclic) bond motifs is 1. The summed E-state index contributed by atoms with van der Waals surface area (Å²) >= 11 is 1.65. The minimum atomic E-state index is -0.399. The number of aryl methyl sites for hydroxylation is 2. The smallest absolute Gasteiger partial charge is 0.254 e. The number of hydrogen-bond acceptors (Lipinski definition) is 5. The summed E-state index contributed by atoms with van der Waals surface area (Å²) in [6.45, 7) is 10.1. The second-order valence-corrected chi connectivity index (χ2v) is 12.9. The van der Waals surface area contributed by atoms with Crippen LogP contribution in [0.15, 0.2) is 60.0 Å². The molecule has 1 aliphatic carbocycles. The minimum absolute atomic E-state index is 0.0334. The molecule has 1 saturated heterocycles. The maximum Gasteiger partial charge on any atom is 0.254 e. The molecule has 3 aliphatic rings. The molecular formula is C34H42N4O2S. The van der Waals surface area contributed by atoms with E-state index in [4.69, 9.17) is 0 Å². The van der Waals surface area contributed by atoms with Gasteiger partial charge in [-0.15, -0.1) is 11.3 Å². The van der Waals surface area contributed by atoms with Crippen LogP contribution < -0.4 is 10.2 Å². The van der Waals surface area contributed by atoms with Gasteiger partial charge in [0.15, 0.2) is 0 Å². The van der Waals surface area contributed by atoms with E-state index in [2.05, 4.69) is 63.5 Å². The standard InChI is InChI=1S/C34H42N4O2S/c1-24-14-15-25(2)29(23-24)37-20-18-36(19-21-37)17-8-16-35-33(39)31-27-11-5-6-12-28(27)34(40)38(26-9-3-4-10-26)32(31)30-13-7-22-41-30/h5-7,11-15,22-23,26,31-32H,3-4,8-10,16-21H2,1-2H3,(H,35,39)/t31-,32-/m0/s1. The van der Waals surface area contributed by atoms with E-state index in [0.717, 1.165) is 75.3 Å². The SMILES string of the molecule is Cc1ccc(C)c(N2CCN(CCCNC(=O)[C@H]3c4ccccc4C(=O)N(C4CCCC4)[C@H]3c3cccs3)CC2)c1. The Morgan fingerprint density at radius 2 is 1.76 bits per heavy atom. The first-order valence-electron chi connectivity index (χ1n) is 15.3. The van der Waals surface area contributed by atoms with Crippen LogP contribution >= 0.6 is 11.3 Å². The van der Waals surface area contributed by atoms with E-state index in [1.54, 1.807) is 11.3 Å². The topological polar surface area (TPSA) is 55.9 Å². The lowest BCUT2D eigenvalue weighted by Gasteiger charge is -2.44. The third kappa shape index (κ3) is 5.80. The molecule has 2 amide bonds. The molecule has 1 N–H and O–H groups in total. The summed E-state index contributed by atoms with van der Waals surface area (Å²) in [5.74, 6) is -0.287. The summed E-state index contributed by atoms with van der Waals surface area (Å²) in [6, 6.07) is 18.5. The molecule has 0 radical (unpaired) electrons. The van der Waals surface area contributed by atoms with Gasteiger partial charge in [-0.3, -0.25) is 14.5 Å². The fraction of sp³-hybridized carbons (Fsp3) is 0.471. The molecule has 0 spiro atoms. The first-order chi connectivity index (χ1) is 20.0. The molecular weight excluding hydrogens is 528 g/mol. The van der Waals surface area contributed by atoms with Crippen LogP contribution in [0.3, 0.4) is 0 Å².